The average Bonchev–Trinajstić information content (AvgIpc) is 3.08. The largest absolute Gasteiger partial charge is 0.478 e. The summed E-state index contributed by atoms with van der Waals surface area (Å²) in [5.74, 6) is -2.11. The van der Waals surface area contributed by atoms with E-state index in [-0.39, 0.29) is 17.0 Å². The predicted octanol–water partition coefficient (Wildman–Crippen LogP) is 6.36. The van der Waals surface area contributed by atoms with Crippen molar-refractivity contribution in [1.29, 1.82) is 0 Å². The second-order valence-corrected chi connectivity index (χ2v) is 8.62. The smallest absolute Gasteiger partial charge is 0.339 e. The number of rotatable bonds is 6. The second-order valence-electron chi connectivity index (χ2n) is 6.42. The maximum Gasteiger partial charge on any atom is 0.339 e. The second kappa shape index (κ2) is 9.07. The van der Waals surface area contributed by atoms with Gasteiger partial charge in [0.2, 0.25) is 0 Å². The fraction of sp³-hybridized carbons (Fsp3) is 0.143. The van der Waals surface area contributed by atoms with Crippen LogP contribution < -0.4 is 5.32 Å². The Labute approximate surface area is 184 Å². The number of thiophene rings is 1. The number of carboxylic acids is 1. The van der Waals surface area contributed by atoms with E-state index in [0.717, 1.165) is 21.4 Å². The number of anilines is 1. The molecule has 0 aliphatic rings. The number of aryl methyl sites for hydroxylation is 1. The van der Waals surface area contributed by atoms with Crippen molar-refractivity contribution in [1.82, 2.24) is 0 Å². The molecule has 0 saturated heterocycles. The average molecular weight is 497 g/mol. The minimum atomic E-state index is -1.87. The Balaban J connectivity index is 1.81. The summed E-state index contributed by atoms with van der Waals surface area (Å²) in [4.78, 5) is 24.1. The van der Waals surface area contributed by atoms with E-state index >= 15 is 0 Å². The van der Waals surface area contributed by atoms with Crippen LogP contribution in [-0.4, -0.2) is 23.2 Å². The first kappa shape index (κ1) is 21.5. The summed E-state index contributed by atoms with van der Waals surface area (Å²) in [6.45, 7) is 1.86. The first-order chi connectivity index (χ1) is 13.8. The molecule has 2 aromatic carbocycles. The van der Waals surface area contributed by atoms with E-state index in [1.54, 1.807) is 47.8 Å². The van der Waals surface area contributed by atoms with Crippen molar-refractivity contribution in [3.05, 3.63) is 74.0 Å². The molecule has 0 saturated carbocycles. The van der Waals surface area contributed by atoms with Gasteiger partial charge in [-0.25, -0.2) is 9.18 Å². The molecule has 0 aliphatic heterocycles. The molecule has 0 aliphatic carbocycles. The number of carboxylic acid groups (broad SMARTS) is 1. The predicted molar refractivity (Wildman–Crippen MR) is 118 cm³/mol. The highest BCUT2D eigenvalue weighted by atomic mass is 79.9. The molecule has 1 amide bonds. The number of carbonyl (C=O) groups excluding carboxylic acids is 1. The van der Waals surface area contributed by atoms with Gasteiger partial charge in [-0.15, -0.1) is 11.3 Å². The van der Waals surface area contributed by atoms with Crippen LogP contribution in [0.3, 0.4) is 0 Å². The topological polar surface area (TPSA) is 66.4 Å². The molecule has 1 unspecified atom stereocenters. The van der Waals surface area contributed by atoms with Gasteiger partial charge in [0.25, 0.3) is 5.91 Å². The van der Waals surface area contributed by atoms with Crippen LogP contribution in [-0.2, 0) is 11.2 Å². The molecular weight excluding hydrogens is 481 g/mol. The van der Waals surface area contributed by atoms with Gasteiger partial charge in [-0.05, 0) is 41.8 Å². The highest BCUT2D eigenvalue weighted by Gasteiger charge is 2.25. The molecule has 150 valence electrons. The molecular formula is C21H16BrClFNO3S. The van der Waals surface area contributed by atoms with E-state index in [2.05, 4.69) is 21.2 Å². The zero-order valence-corrected chi connectivity index (χ0v) is 18.4. The van der Waals surface area contributed by atoms with Gasteiger partial charge in [0.1, 0.15) is 10.6 Å². The van der Waals surface area contributed by atoms with Crippen LogP contribution in [0.4, 0.5) is 9.39 Å². The quantitative estimate of drug-likeness (QED) is 0.417. The minimum absolute atomic E-state index is 0.0637. The van der Waals surface area contributed by atoms with Gasteiger partial charge in [0, 0.05) is 26.9 Å². The molecule has 0 bridgehead atoms. The summed E-state index contributed by atoms with van der Waals surface area (Å²) in [6, 6.07) is 12.3. The molecule has 4 nitrogen and oxygen atoms in total. The Morgan fingerprint density at radius 3 is 2.55 bits per heavy atom. The standard InChI is InChI=1S/C21H16BrClFNO3S/c1-11-2-3-13(16(23)8-11)9-17(24)19(26)25-20-18(21(27)28)15(10-29-20)12-4-6-14(22)7-5-12/h2-8,10,17H,9H2,1H3,(H,25,26)(H,27,28). The van der Waals surface area contributed by atoms with Crippen LogP contribution >= 0.6 is 38.9 Å². The van der Waals surface area contributed by atoms with E-state index in [4.69, 9.17) is 11.6 Å². The lowest BCUT2D eigenvalue weighted by Gasteiger charge is -2.11. The molecule has 0 spiro atoms. The number of carbonyl (C=O) groups is 2. The maximum atomic E-state index is 14.5. The van der Waals surface area contributed by atoms with Crippen molar-refractivity contribution >= 4 is 55.7 Å². The van der Waals surface area contributed by atoms with E-state index in [1.165, 1.54) is 0 Å². The van der Waals surface area contributed by atoms with Gasteiger partial charge in [-0.1, -0.05) is 51.8 Å². The first-order valence-electron chi connectivity index (χ1n) is 8.57. The van der Waals surface area contributed by atoms with Crippen LogP contribution in [0.25, 0.3) is 11.1 Å². The van der Waals surface area contributed by atoms with Crippen molar-refractivity contribution in [2.75, 3.05) is 5.32 Å². The van der Waals surface area contributed by atoms with Crippen molar-refractivity contribution in [3.63, 3.8) is 0 Å². The maximum absolute atomic E-state index is 14.5. The van der Waals surface area contributed by atoms with Crippen LogP contribution in [0.15, 0.2) is 52.3 Å². The van der Waals surface area contributed by atoms with Crippen molar-refractivity contribution in [2.24, 2.45) is 0 Å². The summed E-state index contributed by atoms with van der Waals surface area (Å²) in [5.41, 5.74) is 2.53. The van der Waals surface area contributed by atoms with E-state index in [1.807, 2.05) is 6.92 Å². The Bertz CT molecular complexity index is 1070. The fourth-order valence-electron chi connectivity index (χ4n) is 2.80. The van der Waals surface area contributed by atoms with Crippen molar-refractivity contribution in [2.45, 2.75) is 19.5 Å². The molecule has 2 N–H and O–H groups in total. The van der Waals surface area contributed by atoms with Crippen LogP contribution in [0.1, 0.15) is 21.5 Å². The third-order valence-electron chi connectivity index (χ3n) is 4.29. The Kier molecular flexibility index (Phi) is 6.72. The van der Waals surface area contributed by atoms with E-state index < -0.39 is 18.0 Å². The van der Waals surface area contributed by atoms with Gasteiger partial charge in [-0.3, -0.25) is 4.79 Å². The molecule has 3 aromatic rings. The lowest BCUT2D eigenvalue weighted by molar-refractivity contribution is -0.120. The molecule has 29 heavy (non-hydrogen) atoms. The molecule has 1 atom stereocenters. The van der Waals surface area contributed by atoms with Crippen LogP contribution in [0, 0.1) is 6.92 Å². The molecule has 1 aromatic heterocycles. The Morgan fingerprint density at radius 1 is 1.24 bits per heavy atom. The van der Waals surface area contributed by atoms with Gasteiger partial charge < -0.3 is 10.4 Å². The number of hydrogen-bond donors (Lipinski definition) is 2. The summed E-state index contributed by atoms with van der Waals surface area (Å²) < 4.78 is 15.4. The van der Waals surface area contributed by atoms with Gasteiger partial charge in [0.15, 0.2) is 6.17 Å². The lowest BCUT2D eigenvalue weighted by Crippen LogP contribution is -2.26. The zero-order chi connectivity index (χ0) is 21.1. The number of benzene rings is 2. The van der Waals surface area contributed by atoms with E-state index in [9.17, 15) is 19.1 Å². The van der Waals surface area contributed by atoms with Gasteiger partial charge in [-0.2, -0.15) is 0 Å². The summed E-state index contributed by atoms with van der Waals surface area (Å²) in [6.07, 6.45) is -2.06. The summed E-state index contributed by atoms with van der Waals surface area (Å²) >= 11 is 10.5. The number of halogens is 3. The third-order valence-corrected chi connectivity index (χ3v) is 6.06. The third kappa shape index (κ3) is 5.04. The normalized spacial score (nSPS) is 11.9. The highest BCUT2D eigenvalue weighted by Crippen LogP contribution is 2.36. The summed E-state index contributed by atoms with van der Waals surface area (Å²) in [5, 5.41) is 14.2. The molecule has 3 rings (SSSR count). The van der Waals surface area contributed by atoms with Crippen LogP contribution in [0.2, 0.25) is 5.02 Å². The SMILES string of the molecule is Cc1ccc(CC(F)C(=O)Nc2scc(-c3ccc(Br)cc3)c2C(=O)O)c(Cl)c1. The number of aromatic carboxylic acids is 1. The first-order valence-corrected chi connectivity index (χ1v) is 10.6. The molecule has 8 heteroatoms. The van der Waals surface area contributed by atoms with Crippen molar-refractivity contribution in [3.8, 4) is 11.1 Å². The zero-order valence-electron chi connectivity index (χ0n) is 15.2. The molecule has 0 radical (unpaired) electrons. The van der Waals surface area contributed by atoms with Gasteiger partial charge in [0.05, 0.1) is 0 Å². The molecule has 1 heterocycles. The lowest BCUT2D eigenvalue weighted by atomic mass is 10.0. The Morgan fingerprint density at radius 2 is 1.93 bits per heavy atom. The number of nitrogens with one attached hydrogen (secondary N) is 1. The highest BCUT2D eigenvalue weighted by molar-refractivity contribution is 9.10. The van der Waals surface area contributed by atoms with Gasteiger partial charge >= 0.3 is 5.97 Å². The van der Waals surface area contributed by atoms with E-state index in [0.29, 0.717) is 21.7 Å². The number of amides is 1. The minimum Gasteiger partial charge on any atom is -0.478 e. The fourth-order valence-corrected chi connectivity index (χ4v) is 4.34. The van der Waals surface area contributed by atoms with Crippen molar-refractivity contribution < 1.29 is 19.1 Å². The monoisotopic (exact) mass is 495 g/mol. The number of alkyl halides is 1. The van der Waals surface area contributed by atoms with Crippen LogP contribution in [0.5, 0.6) is 0 Å². The summed E-state index contributed by atoms with van der Waals surface area (Å²) in [7, 11) is 0. The Hall–Kier alpha value is -2.22. The number of hydrogen-bond acceptors (Lipinski definition) is 3. The molecule has 0 fully saturated rings.